The molecule has 172 valence electrons. The molecular formula is C20H28N2O7S2. The highest BCUT2D eigenvalue weighted by Crippen LogP contribution is 2.25. The summed E-state index contributed by atoms with van der Waals surface area (Å²) in [7, 11) is -6.84. The molecule has 31 heavy (non-hydrogen) atoms. The molecule has 1 aromatic carbocycles. The van der Waals surface area contributed by atoms with E-state index in [4.69, 9.17) is 4.74 Å². The maximum atomic E-state index is 13.0. The van der Waals surface area contributed by atoms with E-state index >= 15 is 0 Å². The first-order chi connectivity index (χ1) is 14.6. The molecule has 9 nitrogen and oxygen atoms in total. The molecule has 11 heteroatoms. The largest absolute Gasteiger partial charge is 0.466 e. The van der Waals surface area contributed by atoms with E-state index in [0.29, 0.717) is 25.9 Å². The Hall–Kier alpha value is -1.82. The van der Waals surface area contributed by atoms with Crippen molar-refractivity contribution >= 4 is 31.6 Å². The van der Waals surface area contributed by atoms with E-state index < -0.39 is 19.9 Å². The molecular weight excluding hydrogens is 444 g/mol. The van der Waals surface area contributed by atoms with Crippen molar-refractivity contribution in [3.8, 4) is 0 Å². The minimum absolute atomic E-state index is 0.0104. The maximum absolute atomic E-state index is 13.0. The number of hydrogen-bond acceptors (Lipinski definition) is 8. The van der Waals surface area contributed by atoms with Gasteiger partial charge in [-0.15, -0.1) is 0 Å². The highest BCUT2D eigenvalue weighted by atomic mass is 32.2. The van der Waals surface area contributed by atoms with Gasteiger partial charge in [-0.25, -0.2) is 16.8 Å². The number of piperidine rings is 1. The van der Waals surface area contributed by atoms with Crippen LogP contribution >= 0.6 is 0 Å². The average molecular weight is 473 g/mol. The van der Waals surface area contributed by atoms with Crippen molar-refractivity contribution in [3.63, 3.8) is 0 Å². The molecule has 2 saturated heterocycles. The normalized spacial score (nSPS) is 22.3. The second-order valence-corrected chi connectivity index (χ2v) is 12.0. The van der Waals surface area contributed by atoms with E-state index in [1.165, 1.54) is 22.5 Å². The zero-order valence-corrected chi connectivity index (χ0v) is 19.1. The molecule has 2 fully saturated rings. The van der Waals surface area contributed by atoms with Crippen LogP contribution in [0, 0.1) is 5.92 Å². The molecule has 0 aliphatic carbocycles. The van der Waals surface area contributed by atoms with E-state index in [1.807, 2.05) is 0 Å². The van der Waals surface area contributed by atoms with Gasteiger partial charge in [0.25, 0.3) is 0 Å². The van der Waals surface area contributed by atoms with E-state index in [1.54, 1.807) is 13.0 Å². The van der Waals surface area contributed by atoms with Gasteiger partial charge < -0.3 is 10.1 Å². The van der Waals surface area contributed by atoms with Crippen molar-refractivity contribution in [2.45, 2.75) is 37.1 Å². The number of hydrogen-bond donors (Lipinski definition) is 1. The van der Waals surface area contributed by atoms with Gasteiger partial charge in [0.1, 0.15) is 0 Å². The third-order valence-electron chi connectivity index (χ3n) is 5.65. The van der Waals surface area contributed by atoms with E-state index in [-0.39, 0.29) is 65.3 Å². The fourth-order valence-corrected chi connectivity index (χ4v) is 7.09. The Morgan fingerprint density at radius 3 is 2.52 bits per heavy atom. The summed E-state index contributed by atoms with van der Waals surface area (Å²) in [6.45, 7) is 2.39. The fraction of sp³-hybridized carbons (Fsp3) is 0.600. The van der Waals surface area contributed by atoms with Crippen molar-refractivity contribution in [1.29, 1.82) is 0 Å². The number of Topliss-reactive ketones (excluding diaryl/α,β-unsaturated/α-hetero) is 1. The van der Waals surface area contributed by atoms with Gasteiger partial charge >= 0.3 is 5.97 Å². The SMILES string of the molecule is CCOC(=O)C1CCN(S(=O)(=O)c2cccc(C(=O)CNC3CCS(=O)(=O)C3)c2)CC1. The highest BCUT2D eigenvalue weighted by molar-refractivity contribution is 7.91. The number of sulfone groups is 1. The van der Waals surface area contributed by atoms with Gasteiger partial charge in [-0.2, -0.15) is 4.31 Å². The summed E-state index contributed by atoms with van der Waals surface area (Å²) < 4.78 is 55.4. The van der Waals surface area contributed by atoms with Crippen LogP contribution in [0.2, 0.25) is 0 Å². The van der Waals surface area contributed by atoms with Crippen LogP contribution in [0.25, 0.3) is 0 Å². The minimum atomic E-state index is -3.80. The van der Waals surface area contributed by atoms with Gasteiger partial charge in [-0.05, 0) is 38.3 Å². The van der Waals surface area contributed by atoms with Gasteiger partial charge in [0.15, 0.2) is 15.6 Å². The Morgan fingerprint density at radius 1 is 1.19 bits per heavy atom. The van der Waals surface area contributed by atoms with Gasteiger partial charge in [0.05, 0.1) is 35.5 Å². The molecule has 0 saturated carbocycles. The predicted octanol–water partition coefficient (Wildman–Crippen LogP) is 0.610. The summed E-state index contributed by atoms with van der Waals surface area (Å²) in [5, 5.41) is 2.95. The number of esters is 1. The number of ether oxygens (including phenoxy) is 1. The summed E-state index contributed by atoms with van der Waals surface area (Å²) in [5.74, 6) is -0.780. The Labute approximate surface area is 183 Å². The molecule has 2 aliphatic rings. The van der Waals surface area contributed by atoms with Gasteiger partial charge in [-0.3, -0.25) is 9.59 Å². The van der Waals surface area contributed by atoms with Crippen LogP contribution in [0.15, 0.2) is 29.2 Å². The van der Waals surface area contributed by atoms with Gasteiger partial charge in [0.2, 0.25) is 10.0 Å². The first kappa shape index (κ1) is 23.8. The highest BCUT2D eigenvalue weighted by Gasteiger charge is 2.33. The van der Waals surface area contributed by atoms with Crippen molar-refractivity contribution in [2.24, 2.45) is 5.92 Å². The second kappa shape index (κ2) is 9.76. The topological polar surface area (TPSA) is 127 Å². The number of sulfonamides is 1. The zero-order chi connectivity index (χ0) is 22.6. The Balaban J connectivity index is 1.62. The average Bonchev–Trinajstić information content (AvgIpc) is 3.11. The molecule has 2 heterocycles. The fourth-order valence-electron chi connectivity index (χ4n) is 3.87. The molecule has 1 aromatic rings. The number of nitrogens with one attached hydrogen (secondary N) is 1. The Morgan fingerprint density at radius 2 is 1.90 bits per heavy atom. The summed E-state index contributed by atoms with van der Waals surface area (Å²) in [4.78, 5) is 24.4. The molecule has 2 aliphatic heterocycles. The van der Waals surface area contributed by atoms with Crippen LogP contribution in [0.5, 0.6) is 0 Å². The lowest BCUT2D eigenvalue weighted by Gasteiger charge is -2.30. The summed E-state index contributed by atoms with van der Waals surface area (Å²) in [6, 6.07) is 5.59. The first-order valence-electron chi connectivity index (χ1n) is 10.4. The lowest BCUT2D eigenvalue weighted by Crippen LogP contribution is -2.40. The number of carbonyl (C=O) groups is 2. The van der Waals surface area contributed by atoms with Crippen LogP contribution in [0.4, 0.5) is 0 Å². The monoisotopic (exact) mass is 472 g/mol. The predicted molar refractivity (Wildman–Crippen MR) is 114 cm³/mol. The summed E-state index contributed by atoms with van der Waals surface area (Å²) >= 11 is 0. The molecule has 0 spiro atoms. The maximum Gasteiger partial charge on any atom is 0.309 e. The molecule has 1 atom stereocenters. The van der Waals surface area contributed by atoms with Crippen molar-refractivity contribution in [2.75, 3.05) is 37.7 Å². The standard InChI is InChI=1S/C20H28N2O7S2/c1-2-29-20(24)15-6-9-22(10-7-15)31(27,28)18-5-3-4-16(12-18)19(23)13-21-17-8-11-30(25,26)14-17/h3-5,12,15,17,21H,2,6-11,13-14H2,1H3. The van der Waals surface area contributed by atoms with Crippen LogP contribution in [0.1, 0.15) is 36.5 Å². The van der Waals surface area contributed by atoms with E-state index in [9.17, 15) is 26.4 Å². The minimum Gasteiger partial charge on any atom is -0.466 e. The Bertz CT molecular complexity index is 1030. The molecule has 1 N–H and O–H groups in total. The van der Waals surface area contributed by atoms with E-state index in [0.717, 1.165) is 0 Å². The van der Waals surface area contributed by atoms with Crippen LogP contribution < -0.4 is 5.32 Å². The first-order valence-corrected chi connectivity index (χ1v) is 13.6. The van der Waals surface area contributed by atoms with Crippen LogP contribution in [-0.2, 0) is 29.4 Å². The lowest BCUT2D eigenvalue weighted by molar-refractivity contribution is -0.149. The number of nitrogens with zero attached hydrogens (tertiary/aromatic N) is 1. The molecule has 0 bridgehead atoms. The molecule has 3 rings (SSSR count). The second-order valence-electron chi connectivity index (χ2n) is 7.86. The summed E-state index contributed by atoms with van der Waals surface area (Å²) in [6.07, 6.45) is 1.25. The number of ketones is 1. The molecule has 0 radical (unpaired) electrons. The molecule has 1 unspecified atom stereocenters. The molecule has 0 aromatic heterocycles. The Kier molecular flexibility index (Phi) is 7.51. The van der Waals surface area contributed by atoms with Crippen LogP contribution in [0.3, 0.4) is 0 Å². The molecule has 0 amide bonds. The number of benzene rings is 1. The number of carbonyl (C=O) groups excluding carboxylic acids is 2. The summed E-state index contributed by atoms with van der Waals surface area (Å²) in [5.41, 5.74) is 0.246. The van der Waals surface area contributed by atoms with Crippen molar-refractivity contribution in [1.82, 2.24) is 9.62 Å². The van der Waals surface area contributed by atoms with Crippen LogP contribution in [-0.4, -0.2) is 76.7 Å². The number of rotatable bonds is 8. The quantitative estimate of drug-likeness (QED) is 0.431. The zero-order valence-electron chi connectivity index (χ0n) is 17.4. The third-order valence-corrected chi connectivity index (χ3v) is 9.31. The lowest BCUT2D eigenvalue weighted by atomic mass is 9.98. The van der Waals surface area contributed by atoms with Crippen molar-refractivity contribution in [3.05, 3.63) is 29.8 Å². The van der Waals surface area contributed by atoms with Crippen molar-refractivity contribution < 1.29 is 31.2 Å². The van der Waals surface area contributed by atoms with Gasteiger partial charge in [-0.1, -0.05) is 12.1 Å². The van der Waals surface area contributed by atoms with Gasteiger partial charge in [0, 0.05) is 24.7 Å². The van der Waals surface area contributed by atoms with E-state index in [2.05, 4.69) is 5.32 Å². The third kappa shape index (κ3) is 5.91. The smallest absolute Gasteiger partial charge is 0.309 e.